The van der Waals surface area contributed by atoms with Gasteiger partial charge in [0.15, 0.2) is 0 Å². The van der Waals surface area contributed by atoms with Gasteiger partial charge in [0.1, 0.15) is 5.75 Å². The van der Waals surface area contributed by atoms with Crippen molar-refractivity contribution < 1.29 is 14.3 Å². The number of rotatable bonds is 9. The van der Waals surface area contributed by atoms with Crippen molar-refractivity contribution in [3.05, 3.63) is 29.3 Å². The van der Waals surface area contributed by atoms with Gasteiger partial charge in [-0.25, -0.2) is 0 Å². The molecular formula is C20H32N2O3. The van der Waals surface area contributed by atoms with E-state index in [0.717, 1.165) is 17.7 Å². The number of amides is 1. The van der Waals surface area contributed by atoms with Gasteiger partial charge < -0.3 is 15.0 Å². The average molecular weight is 348 g/mol. The Morgan fingerprint density at radius 1 is 1.04 bits per heavy atom. The summed E-state index contributed by atoms with van der Waals surface area (Å²) < 4.78 is 5.67. The van der Waals surface area contributed by atoms with Crippen LogP contribution in [0, 0.1) is 0 Å². The van der Waals surface area contributed by atoms with Crippen molar-refractivity contribution in [2.45, 2.75) is 52.4 Å². The number of esters is 1. The van der Waals surface area contributed by atoms with Gasteiger partial charge in [0.2, 0.25) is 5.91 Å². The van der Waals surface area contributed by atoms with Crippen molar-refractivity contribution in [1.29, 1.82) is 0 Å². The molecule has 1 amide bonds. The molecule has 0 radical (unpaired) electrons. The summed E-state index contributed by atoms with van der Waals surface area (Å²) in [5.41, 5.74) is 2.05. The molecule has 25 heavy (non-hydrogen) atoms. The Bertz CT molecular complexity index is 554. The zero-order valence-corrected chi connectivity index (χ0v) is 16.4. The van der Waals surface area contributed by atoms with Crippen molar-refractivity contribution in [2.24, 2.45) is 0 Å². The minimum Gasteiger partial charge on any atom is -0.426 e. The smallest absolute Gasteiger partial charge is 0.311 e. The third kappa shape index (κ3) is 7.26. The van der Waals surface area contributed by atoms with Gasteiger partial charge in [-0.2, -0.15) is 0 Å². The van der Waals surface area contributed by atoms with Crippen LogP contribution in [0.5, 0.6) is 5.75 Å². The number of ether oxygens (including phenoxy) is 1. The molecule has 0 heterocycles. The number of carbonyl (C=O) groups is 2. The zero-order valence-electron chi connectivity index (χ0n) is 16.4. The van der Waals surface area contributed by atoms with Crippen LogP contribution in [0.2, 0.25) is 0 Å². The number of hydrogen-bond donors (Lipinski definition) is 1. The van der Waals surface area contributed by atoms with Gasteiger partial charge >= 0.3 is 5.97 Å². The van der Waals surface area contributed by atoms with Crippen LogP contribution in [-0.2, 0) is 9.59 Å². The maximum absolute atomic E-state index is 12.2. The molecule has 0 aliphatic rings. The van der Waals surface area contributed by atoms with E-state index in [1.165, 1.54) is 0 Å². The lowest BCUT2D eigenvalue weighted by Crippen LogP contribution is -2.31. The largest absolute Gasteiger partial charge is 0.426 e. The van der Waals surface area contributed by atoms with Gasteiger partial charge in [0.25, 0.3) is 0 Å². The molecule has 5 nitrogen and oxygen atoms in total. The Morgan fingerprint density at radius 2 is 1.60 bits per heavy atom. The Labute approximate surface area is 151 Å². The molecule has 0 saturated carbocycles. The fraction of sp³-hybridized carbons (Fsp3) is 0.600. The lowest BCUT2D eigenvalue weighted by molar-refractivity contribution is -0.136. The van der Waals surface area contributed by atoms with E-state index >= 15 is 0 Å². The van der Waals surface area contributed by atoms with Gasteiger partial charge in [0.05, 0.1) is 6.42 Å². The van der Waals surface area contributed by atoms with E-state index in [4.69, 9.17) is 4.74 Å². The number of likely N-dealkylation sites (N-methyl/N-ethyl adjacent to an activating group) is 1. The molecule has 0 bridgehead atoms. The molecule has 0 aliphatic heterocycles. The molecule has 0 aliphatic carbocycles. The van der Waals surface area contributed by atoms with Crippen molar-refractivity contribution in [3.8, 4) is 5.75 Å². The van der Waals surface area contributed by atoms with Crippen LogP contribution in [0.4, 0.5) is 0 Å². The van der Waals surface area contributed by atoms with Gasteiger partial charge in [-0.15, -0.1) is 0 Å². The molecule has 1 rings (SSSR count). The first-order chi connectivity index (χ1) is 11.7. The molecule has 1 aromatic rings. The molecule has 0 spiro atoms. The molecule has 0 aromatic heterocycles. The summed E-state index contributed by atoms with van der Waals surface area (Å²) in [5, 5.41) is 2.80. The van der Waals surface area contributed by atoms with E-state index in [0.29, 0.717) is 12.3 Å². The Kier molecular flexibility index (Phi) is 8.62. The summed E-state index contributed by atoms with van der Waals surface area (Å²) >= 11 is 0. The maximum atomic E-state index is 12.2. The maximum Gasteiger partial charge on any atom is 0.311 e. The van der Waals surface area contributed by atoms with E-state index < -0.39 is 0 Å². The van der Waals surface area contributed by atoms with E-state index in [1.54, 1.807) is 0 Å². The monoisotopic (exact) mass is 348 g/mol. The van der Waals surface area contributed by atoms with E-state index in [2.05, 4.69) is 33.0 Å². The fourth-order valence-electron chi connectivity index (χ4n) is 2.49. The lowest BCUT2D eigenvalue weighted by Gasteiger charge is -2.18. The van der Waals surface area contributed by atoms with Crippen LogP contribution in [0.15, 0.2) is 18.2 Å². The summed E-state index contributed by atoms with van der Waals surface area (Å²) in [6, 6.07) is 5.99. The summed E-state index contributed by atoms with van der Waals surface area (Å²) in [6.07, 6.45) is 0.227. The van der Waals surface area contributed by atoms with Crippen LogP contribution in [0.3, 0.4) is 0 Å². The quantitative estimate of drug-likeness (QED) is 0.549. The predicted molar refractivity (Wildman–Crippen MR) is 101 cm³/mol. The third-order valence-electron chi connectivity index (χ3n) is 3.97. The van der Waals surface area contributed by atoms with Crippen LogP contribution in [0.1, 0.15) is 63.5 Å². The molecule has 0 atom stereocenters. The topological polar surface area (TPSA) is 58.6 Å². The Balaban J connectivity index is 2.66. The van der Waals surface area contributed by atoms with E-state index in [9.17, 15) is 9.59 Å². The summed E-state index contributed by atoms with van der Waals surface area (Å²) in [7, 11) is 3.89. The molecule has 140 valence electrons. The minimum absolute atomic E-state index is 0.0811. The van der Waals surface area contributed by atoms with Gasteiger partial charge in [-0.1, -0.05) is 45.9 Å². The second-order valence-corrected chi connectivity index (χ2v) is 7.20. The first kappa shape index (κ1) is 21.2. The summed E-state index contributed by atoms with van der Waals surface area (Å²) in [6.45, 7) is 9.66. The highest BCUT2D eigenvalue weighted by Crippen LogP contribution is 2.34. The summed E-state index contributed by atoms with van der Waals surface area (Å²) in [4.78, 5) is 26.0. The van der Waals surface area contributed by atoms with E-state index in [1.807, 2.05) is 37.2 Å². The number of para-hydroxylation sites is 1. The number of hydrogen-bond acceptors (Lipinski definition) is 4. The molecular weight excluding hydrogens is 316 g/mol. The molecule has 0 saturated heterocycles. The normalized spacial score (nSPS) is 11.2. The molecule has 1 N–H and O–H groups in total. The highest BCUT2D eigenvalue weighted by atomic mass is 16.5. The number of nitrogens with zero attached hydrogens (tertiary/aromatic N) is 1. The number of benzene rings is 1. The molecule has 0 unspecified atom stereocenters. The minimum atomic E-state index is -0.363. The van der Waals surface area contributed by atoms with Crippen molar-refractivity contribution >= 4 is 11.9 Å². The van der Waals surface area contributed by atoms with Crippen LogP contribution in [-0.4, -0.2) is 44.0 Å². The number of carbonyl (C=O) groups excluding carboxylic acids is 2. The number of nitrogens with one attached hydrogen (secondary N) is 1. The van der Waals surface area contributed by atoms with E-state index in [-0.39, 0.29) is 36.6 Å². The van der Waals surface area contributed by atoms with Crippen molar-refractivity contribution in [2.75, 3.05) is 27.2 Å². The van der Waals surface area contributed by atoms with Crippen LogP contribution in [0.25, 0.3) is 0 Å². The Hall–Kier alpha value is -1.88. The fourth-order valence-corrected chi connectivity index (χ4v) is 2.49. The SMILES string of the molecule is CC(C)c1cccc(C(C)C)c1OC(=O)CCC(=O)NCCN(C)C. The second-order valence-electron chi connectivity index (χ2n) is 7.20. The molecule has 0 fully saturated rings. The zero-order chi connectivity index (χ0) is 19.0. The van der Waals surface area contributed by atoms with Crippen LogP contribution < -0.4 is 10.1 Å². The highest BCUT2D eigenvalue weighted by molar-refractivity contribution is 5.82. The van der Waals surface area contributed by atoms with Crippen molar-refractivity contribution in [3.63, 3.8) is 0 Å². The van der Waals surface area contributed by atoms with Crippen molar-refractivity contribution in [1.82, 2.24) is 10.2 Å². The van der Waals surface area contributed by atoms with Gasteiger partial charge in [0, 0.05) is 19.5 Å². The lowest BCUT2D eigenvalue weighted by atomic mass is 9.94. The molecule has 1 aromatic carbocycles. The second kappa shape index (κ2) is 10.2. The van der Waals surface area contributed by atoms with Gasteiger partial charge in [-0.3, -0.25) is 9.59 Å². The Morgan fingerprint density at radius 3 is 2.08 bits per heavy atom. The third-order valence-corrected chi connectivity index (χ3v) is 3.97. The first-order valence-corrected chi connectivity index (χ1v) is 8.97. The summed E-state index contributed by atoms with van der Waals surface area (Å²) in [5.74, 6) is 0.690. The highest BCUT2D eigenvalue weighted by Gasteiger charge is 2.18. The average Bonchev–Trinajstić information content (AvgIpc) is 2.52. The standard InChI is InChI=1S/C20H32N2O3/c1-14(2)16-8-7-9-17(15(3)4)20(16)25-19(24)11-10-18(23)21-12-13-22(5)6/h7-9,14-15H,10-13H2,1-6H3,(H,21,23). The first-order valence-electron chi connectivity index (χ1n) is 8.97. The van der Waals surface area contributed by atoms with Crippen LogP contribution >= 0.6 is 0 Å². The van der Waals surface area contributed by atoms with Gasteiger partial charge in [-0.05, 0) is 37.1 Å². The predicted octanol–water partition coefficient (Wildman–Crippen LogP) is 3.30. The molecule has 5 heteroatoms.